The maximum Gasteiger partial charge on any atom is 0.236 e. The number of nitrogens with zero attached hydrogens (tertiary/aromatic N) is 3. The number of thioether (sulfide) groups is 1. The third kappa shape index (κ3) is 4.42. The Kier molecular flexibility index (Phi) is 5.89. The summed E-state index contributed by atoms with van der Waals surface area (Å²) in [5.74, 6) is 0.284. The molecule has 1 aliphatic carbocycles. The predicted octanol–water partition coefficient (Wildman–Crippen LogP) is 5.24. The number of rotatable bonds is 6. The Morgan fingerprint density at radius 2 is 2.00 bits per heavy atom. The molecule has 0 atom stereocenters. The van der Waals surface area contributed by atoms with Crippen molar-refractivity contribution in [3.63, 3.8) is 0 Å². The van der Waals surface area contributed by atoms with E-state index in [1.165, 1.54) is 60.8 Å². The van der Waals surface area contributed by atoms with E-state index in [1.807, 2.05) is 17.6 Å². The van der Waals surface area contributed by atoms with Gasteiger partial charge in [0.25, 0.3) is 0 Å². The molecule has 0 bridgehead atoms. The molecule has 1 amide bonds. The maximum atomic E-state index is 12.2. The Balaban J connectivity index is 1.54. The molecular formula is C20H22N4OS2. The first-order valence-electron chi connectivity index (χ1n) is 9.26. The Labute approximate surface area is 167 Å². The van der Waals surface area contributed by atoms with E-state index in [2.05, 4.69) is 44.1 Å². The SMILES string of the molecule is O=C(CSc1ncc(-c2ccccc2)n1C1CCCCC1)Nc1nccs1. The van der Waals surface area contributed by atoms with E-state index in [0.717, 1.165) is 10.9 Å². The van der Waals surface area contributed by atoms with Crippen molar-refractivity contribution in [2.75, 3.05) is 11.1 Å². The summed E-state index contributed by atoms with van der Waals surface area (Å²) in [5, 5.41) is 6.26. The molecule has 2 aromatic heterocycles. The molecule has 0 saturated heterocycles. The van der Waals surface area contributed by atoms with Gasteiger partial charge < -0.3 is 9.88 Å². The first-order chi connectivity index (χ1) is 13.3. The molecule has 140 valence electrons. The average molecular weight is 399 g/mol. The highest BCUT2D eigenvalue weighted by Gasteiger charge is 2.23. The number of anilines is 1. The lowest BCUT2D eigenvalue weighted by Gasteiger charge is -2.26. The second-order valence-corrected chi connectivity index (χ2v) is 8.47. The number of amides is 1. The number of nitrogens with one attached hydrogen (secondary N) is 1. The molecule has 27 heavy (non-hydrogen) atoms. The first kappa shape index (κ1) is 18.3. The maximum absolute atomic E-state index is 12.2. The molecule has 0 aliphatic heterocycles. The molecule has 1 aromatic carbocycles. The van der Waals surface area contributed by atoms with Gasteiger partial charge in [0.15, 0.2) is 10.3 Å². The lowest BCUT2D eigenvalue weighted by Crippen LogP contribution is -2.17. The minimum atomic E-state index is -0.0468. The van der Waals surface area contributed by atoms with E-state index in [0.29, 0.717) is 16.9 Å². The topological polar surface area (TPSA) is 59.8 Å². The first-order valence-corrected chi connectivity index (χ1v) is 11.1. The summed E-state index contributed by atoms with van der Waals surface area (Å²) in [7, 11) is 0. The van der Waals surface area contributed by atoms with Crippen LogP contribution in [0.5, 0.6) is 0 Å². The number of hydrogen-bond donors (Lipinski definition) is 1. The van der Waals surface area contributed by atoms with Crippen molar-refractivity contribution in [1.82, 2.24) is 14.5 Å². The Hall–Kier alpha value is -2.12. The van der Waals surface area contributed by atoms with E-state index in [1.54, 1.807) is 6.20 Å². The third-order valence-corrected chi connectivity index (χ3v) is 6.44. The molecule has 7 heteroatoms. The molecule has 1 fully saturated rings. The van der Waals surface area contributed by atoms with Crippen LogP contribution in [-0.4, -0.2) is 26.2 Å². The largest absolute Gasteiger partial charge is 0.316 e. The van der Waals surface area contributed by atoms with Crippen LogP contribution in [0.2, 0.25) is 0 Å². The van der Waals surface area contributed by atoms with Gasteiger partial charge in [0.1, 0.15) is 0 Å². The van der Waals surface area contributed by atoms with Crippen LogP contribution in [0.25, 0.3) is 11.3 Å². The lowest BCUT2D eigenvalue weighted by atomic mass is 9.95. The van der Waals surface area contributed by atoms with Gasteiger partial charge in [-0.25, -0.2) is 9.97 Å². The van der Waals surface area contributed by atoms with E-state index in [4.69, 9.17) is 0 Å². The fourth-order valence-electron chi connectivity index (χ4n) is 3.54. The number of benzene rings is 1. The van der Waals surface area contributed by atoms with Crippen LogP contribution in [0, 0.1) is 0 Å². The normalized spacial score (nSPS) is 15.0. The predicted molar refractivity (Wildman–Crippen MR) is 111 cm³/mol. The van der Waals surface area contributed by atoms with Crippen LogP contribution >= 0.6 is 23.1 Å². The standard InChI is InChI=1S/C20H22N4OS2/c25-18(23-19-21-11-12-26-19)14-27-20-22-13-17(15-7-3-1-4-8-15)24(20)16-9-5-2-6-10-16/h1,3-4,7-8,11-13,16H,2,5-6,9-10,14H2,(H,21,23,25). The summed E-state index contributed by atoms with van der Waals surface area (Å²) in [5.41, 5.74) is 2.32. The molecule has 5 nitrogen and oxygen atoms in total. The van der Waals surface area contributed by atoms with Gasteiger partial charge in [-0.05, 0) is 18.4 Å². The van der Waals surface area contributed by atoms with Crippen LogP contribution in [0.3, 0.4) is 0 Å². The van der Waals surface area contributed by atoms with Crippen LogP contribution < -0.4 is 5.32 Å². The molecule has 0 unspecified atom stereocenters. The van der Waals surface area contributed by atoms with Gasteiger partial charge in [-0.15, -0.1) is 11.3 Å². The Morgan fingerprint density at radius 1 is 1.19 bits per heavy atom. The number of imidazole rings is 1. The van der Waals surface area contributed by atoms with Crippen molar-refractivity contribution in [3.05, 3.63) is 48.1 Å². The summed E-state index contributed by atoms with van der Waals surface area (Å²) >= 11 is 2.93. The van der Waals surface area contributed by atoms with Crippen molar-refractivity contribution in [3.8, 4) is 11.3 Å². The highest BCUT2D eigenvalue weighted by molar-refractivity contribution is 7.99. The van der Waals surface area contributed by atoms with Crippen molar-refractivity contribution in [1.29, 1.82) is 0 Å². The Bertz CT molecular complexity index is 871. The Morgan fingerprint density at radius 3 is 2.74 bits per heavy atom. The zero-order valence-electron chi connectivity index (χ0n) is 15.0. The van der Waals surface area contributed by atoms with Crippen molar-refractivity contribution in [2.24, 2.45) is 0 Å². The van der Waals surface area contributed by atoms with Crippen molar-refractivity contribution >= 4 is 34.1 Å². The molecule has 0 spiro atoms. The molecule has 1 aliphatic rings. The molecule has 1 N–H and O–H groups in total. The van der Waals surface area contributed by atoms with Crippen LogP contribution in [0.15, 0.2) is 53.3 Å². The fraction of sp³-hybridized carbons (Fsp3) is 0.350. The summed E-state index contributed by atoms with van der Waals surface area (Å²) in [6.45, 7) is 0. The minimum absolute atomic E-state index is 0.0468. The molecule has 2 heterocycles. The summed E-state index contributed by atoms with van der Waals surface area (Å²) in [6, 6.07) is 10.9. The highest BCUT2D eigenvalue weighted by atomic mass is 32.2. The molecule has 4 rings (SSSR count). The number of hydrogen-bond acceptors (Lipinski definition) is 5. The summed E-state index contributed by atoms with van der Waals surface area (Å²) in [4.78, 5) is 21.0. The number of aromatic nitrogens is 3. The molecular weight excluding hydrogens is 376 g/mol. The van der Waals surface area contributed by atoms with Crippen molar-refractivity contribution < 1.29 is 4.79 Å². The molecule has 0 radical (unpaired) electrons. The monoisotopic (exact) mass is 398 g/mol. The van der Waals surface area contributed by atoms with Gasteiger partial charge in [-0.3, -0.25) is 4.79 Å². The zero-order chi connectivity index (χ0) is 18.5. The van der Waals surface area contributed by atoms with Crippen molar-refractivity contribution in [2.45, 2.75) is 43.3 Å². The third-order valence-electron chi connectivity index (χ3n) is 4.78. The second kappa shape index (κ2) is 8.71. The number of carbonyl (C=O) groups is 1. The van der Waals surface area contributed by atoms with E-state index in [9.17, 15) is 4.79 Å². The second-order valence-electron chi connectivity index (χ2n) is 6.63. The van der Waals surface area contributed by atoms with E-state index < -0.39 is 0 Å². The quantitative estimate of drug-likeness (QED) is 0.577. The summed E-state index contributed by atoms with van der Waals surface area (Å²) in [6.07, 6.45) is 9.81. The van der Waals surface area contributed by atoms with E-state index in [-0.39, 0.29) is 5.91 Å². The van der Waals surface area contributed by atoms with Gasteiger partial charge >= 0.3 is 0 Å². The van der Waals surface area contributed by atoms with Gasteiger partial charge in [-0.2, -0.15) is 0 Å². The fourth-order valence-corrected chi connectivity index (χ4v) is 4.93. The molecule has 3 aromatic rings. The summed E-state index contributed by atoms with van der Waals surface area (Å²) < 4.78 is 2.36. The number of thiazole rings is 1. The zero-order valence-corrected chi connectivity index (χ0v) is 16.6. The average Bonchev–Trinajstić information content (AvgIpc) is 3.37. The minimum Gasteiger partial charge on any atom is -0.316 e. The van der Waals surface area contributed by atoms with Crippen LogP contribution in [0.4, 0.5) is 5.13 Å². The van der Waals surface area contributed by atoms with Gasteiger partial charge in [0.2, 0.25) is 5.91 Å². The highest BCUT2D eigenvalue weighted by Crippen LogP contribution is 2.36. The van der Waals surface area contributed by atoms with Gasteiger partial charge in [0, 0.05) is 17.6 Å². The number of carbonyl (C=O) groups excluding carboxylic acids is 1. The lowest BCUT2D eigenvalue weighted by molar-refractivity contribution is -0.113. The smallest absolute Gasteiger partial charge is 0.236 e. The van der Waals surface area contributed by atoms with Crippen LogP contribution in [0.1, 0.15) is 38.1 Å². The van der Waals surface area contributed by atoms with Gasteiger partial charge in [-0.1, -0.05) is 61.4 Å². The molecule has 1 saturated carbocycles. The van der Waals surface area contributed by atoms with E-state index >= 15 is 0 Å². The van der Waals surface area contributed by atoms with Gasteiger partial charge in [0.05, 0.1) is 17.6 Å². The van der Waals surface area contributed by atoms with Crippen LogP contribution in [-0.2, 0) is 4.79 Å².